The maximum absolute atomic E-state index is 12.1. The second-order valence-corrected chi connectivity index (χ2v) is 6.40. The Labute approximate surface area is 142 Å². The van der Waals surface area contributed by atoms with Crippen LogP contribution in [0.5, 0.6) is 0 Å². The number of nitrogens with zero attached hydrogens (tertiary/aromatic N) is 2. The Bertz CT molecular complexity index is 695. The van der Waals surface area contributed by atoms with Gasteiger partial charge in [-0.05, 0) is 31.5 Å². The van der Waals surface area contributed by atoms with Crippen molar-refractivity contribution >= 4 is 11.7 Å². The molecule has 6 nitrogen and oxygen atoms in total. The first-order chi connectivity index (χ1) is 11.5. The summed E-state index contributed by atoms with van der Waals surface area (Å²) in [6, 6.07) is 7.99. The van der Waals surface area contributed by atoms with Gasteiger partial charge in [0.25, 0.3) is 0 Å². The van der Waals surface area contributed by atoms with E-state index in [-0.39, 0.29) is 18.1 Å². The highest BCUT2D eigenvalue weighted by Crippen LogP contribution is 2.21. The third-order valence-corrected chi connectivity index (χ3v) is 4.61. The van der Waals surface area contributed by atoms with Gasteiger partial charge in [0.05, 0.1) is 25.3 Å². The normalized spacial score (nSPS) is 21.5. The number of hydrogen-bond donors (Lipinski definition) is 2. The number of hydrogen-bond acceptors (Lipinski definition) is 3. The van der Waals surface area contributed by atoms with Crippen LogP contribution in [0, 0.1) is 12.8 Å². The number of carbonyl (C=O) groups is 1. The molecule has 0 saturated carbocycles. The highest BCUT2D eigenvalue weighted by molar-refractivity contribution is 5.89. The lowest BCUT2D eigenvalue weighted by Crippen LogP contribution is -2.41. The molecule has 24 heavy (non-hydrogen) atoms. The SMILES string of the molecule is Cc1nccn1[C@@H](C)c1ccc(NC(=O)N[C@H]2COC[C@H]2C)cc1. The summed E-state index contributed by atoms with van der Waals surface area (Å²) < 4.78 is 7.48. The Morgan fingerprint density at radius 3 is 2.67 bits per heavy atom. The molecule has 1 aromatic heterocycles. The highest BCUT2D eigenvalue weighted by atomic mass is 16.5. The molecule has 1 aromatic carbocycles. The van der Waals surface area contributed by atoms with Crippen molar-refractivity contribution in [2.75, 3.05) is 18.5 Å². The average molecular weight is 328 g/mol. The molecule has 2 N–H and O–H groups in total. The molecule has 0 radical (unpaired) electrons. The van der Waals surface area contributed by atoms with Crippen LogP contribution in [0.15, 0.2) is 36.7 Å². The number of urea groups is 1. The summed E-state index contributed by atoms with van der Waals surface area (Å²) >= 11 is 0. The average Bonchev–Trinajstić information content (AvgIpc) is 3.16. The molecule has 1 fully saturated rings. The number of amides is 2. The zero-order chi connectivity index (χ0) is 17.1. The third-order valence-electron chi connectivity index (χ3n) is 4.61. The second-order valence-electron chi connectivity index (χ2n) is 6.40. The van der Waals surface area contributed by atoms with Crippen LogP contribution >= 0.6 is 0 Å². The van der Waals surface area contributed by atoms with E-state index in [2.05, 4.69) is 34.0 Å². The molecule has 1 aliphatic rings. The number of carbonyl (C=O) groups excluding carboxylic acids is 1. The first kappa shape index (κ1) is 16.5. The van der Waals surface area contributed by atoms with E-state index in [0.717, 1.165) is 11.5 Å². The fourth-order valence-electron chi connectivity index (χ4n) is 2.98. The number of aromatic nitrogens is 2. The van der Waals surface area contributed by atoms with E-state index in [1.807, 2.05) is 37.4 Å². The number of ether oxygens (including phenoxy) is 1. The molecule has 2 amide bonds. The van der Waals surface area contributed by atoms with Gasteiger partial charge >= 0.3 is 6.03 Å². The van der Waals surface area contributed by atoms with Gasteiger partial charge in [-0.1, -0.05) is 19.1 Å². The fraction of sp³-hybridized carbons (Fsp3) is 0.444. The van der Waals surface area contributed by atoms with Crippen molar-refractivity contribution in [3.05, 3.63) is 48.0 Å². The van der Waals surface area contributed by atoms with Crippen LogP contribution in [0.4, 0.5) is 10.5 Å². The first-order valence-corrected chi connectivity index (χ1v) is 8.29. The minimum Gasteiger partial charge on any atom is -0.379 e. The molecule has 3 atom stereocenters. The van der Waals surface area contributed by atoms with Gasteiger partial charge in [-0.2, -0.15) is 0 Å². The lowest BCUT2D eigenvalue weighted by Gasteiger charge is -2.17. The number of rotatable bonds is 4. The molecule has 1 aliphatic heterocycles. The smallest absolute Gasteiger partial charge is 0.319 e. The van der Waals surface area contributed by atoms with Crippen molar-refractivity contribution in [1.29, 1.82) is 0 Å². The van der Waals surface area contributed by atoms with Crippen molar-refractivity contribution in [2.24, 2.45) is 5.92 Å². The van der Waals surface area contributed by atoms with Gasteiger partial charge < -0.3 is 19.9 Å². The van der Waals surface area contributed by atoms with E-state index < -0.39 is 0 Å². The molecule has 0 bridgehead atoms. The summed E-state index contributed by atoms with van der Waals surface area (Å²) in [5.74, 6) is 1.33. The van der Waals surface area contributed by atoms with Crippen LogP contribution in [0.25, 0.3) is 0 Å². The molecule has 0 aliphatic carbocycles. The maximum atomic E-state index is 12.1. The van der Waals surface area contributed by atoms with Gasteiger partial charge in [0.1, 0.15) is 5.82 Å². The summed E-state index contributed by atoms with van der Waals surface area (Å²) in [7, 11) is 0. The van der Waals surface area contributed by atoms with Gasteiger partial charge in [-0.3, -0.25) is 0 Å². The second kappa shape index (κ2) is 7.05. The molecule has 2 aromatic rings. The molecule has 3 rings (SSSR count). The molecule has 128 valence electrons. The molecule has 6 heteroatoms. The van der Waals surface area contributed by atoms with Crippen LogP contribution in [0.3, 0.4) is 0 Å². The summed E-state index contributed by atoms with van der Waals surface area (Å²) in [6.45, 7) is 7.47. The summed E-state index contributed by atoms with van der Waals surface area (Å²) in [5.41, 5.74) is 1.94. The van der Waals surface area contributed by atoms with Crippen LogP contribution in [-0.4, -0.2) is 34.8 Å². The third kappa shape index (κ3) is 3.59. The van der Waals surface area contributed by atoms with Crippen LogP contribution in [0.1, 0.15) is 31.3 Å². The van der Waals surface area contributed by atoms with Crippen molar-refractivity contribution in [3.63, 3.8) is 0 Å². The Morgan fingerprint density at radius 2 is 2.08 bits per heavy atom. The van der Waals surface area contributed by atoms with Crippen LogP contribution < -0.4 is 10.6 Å². The molecule has 2 heterocycles. The van der Waals surface area contributed by atoms with Crippen LogP contribution in [0.2, 0.25) is 0 Å². The van der Waals surface area contributed by atoms with Gasteiger partial charge in [0.15, 0.2) is 0 Å². The standard InChI is InChI=1S/C18H24N4O2/c1-12-10-24-11-17(12)21-18(23)20-16-6-4-15(5-7-16)13(2)22-9-8-19-14(22)3/h4-9,12-13,17H,10-11H2,1-3H3,(H2,20,21,23)/t12-,13+,17+/m1/s1. The van der Waals surface area contributed by atoms with E-state index >= 15 is 0 Å². The van der Waals surface area contributed by atoms with E-state index in [0.29, 0.717) is 19.1 Å². The molecular weight excluding hydrogens is 304 g/mol. The van der Waals surface area contributed by atoms with Gasteiger partial charge in [0.2, 0.25) is 0 Å². The zero-order valence-electron chi connectivity index (χ0n) is 14.3. The number of benzene rings is 1. The Morgan fingerprint density at radius 1 is 1.33 bits per heavy atom. The number of aryl methyl sites for hydroxylation is 1. The number of nitrogens with one attached hydrogen (secondary N) is 2. The van der Waals surface area contributed by atoms with E-state index in [9.17, 15) is 4.79 Å². The van der Waals surface area contributed by atoms with Crippen LogP contribution in [-0.2, 0) is 4.74 Å². The van der Waals surface area contributed by atoms with Crippen molar-refractivity contribution in [2.45, 2.75) is 32.9 Å². The maximum Gasteiger partial charge on any atom is 0.319 e. The topological polar surface area (TPSA) is 68.2 Å². The first-order valence-electron chi connectivity index (χ1n) is 8.29. The Hall–Kier alpha value is -2.34. The predicted molar refractivity (Wildman–Crippen MR) is 93.1 cm³/mol. The van der Waals surface area contributed by atoms with Gasteiger partial charge in [-0.25, -0.2) is 9.78 Å². The van der Waals surface area contributed by atoms with E-state index in [4.69, 9.17) is 4.74 Å². The largest absolute Gasteiger partial charge is 0.379 e. The lowest BCUT2D eigenvalue weighted by atomic mass is 10.1. The number of anilines is 1. The Balaban J connectivity index is 1.60. The fourth-order valence-corrected chi connectivity index (χ4v) is 2.98. The highest BCUT2D eigenvalue weighted by Gasteiger charge is 2.25. The molecule has 0 unspecified atom stereocenters. The zero-order valence-corrected chi connectivity index (χ0v) is 14.3. The van der Waals surface area contributed by atoms with Gasteiger partial charge in [0, 0.05) is 24.0 Å². The van der Waals surface area contributed by atoms with Crippen molar-refractivity contribution < 1.29 is 9.53 Å². The quantitative estimate of drug-likeness (QED) is 0.907. The molecule has 1 saturated heterocycles. The number of imidazole rings is 1. The minimum absolute atomic E-state index is 0.0773. The summed E-state index contributed by atoms with van der Waals surface area (Å²) in [6.07, 6.45) is 3.78. The minimum atomic E-state index is -0.191. The Kier molecular flexibility index (Phi) is 4.85. The van der Waals surface area contributed by atoms with Crippen molar-refractivity contribution in [3.8, 4) is 0 Å². The summed E-state index contributed by atoms with van der Waals surface area (Å²) in [5, 5.41) is 5.83. The predicted octanol–water partition coefficient (Wildman–Crippen LogP) is 2.96. The molecule has 0 spiro atoms. The summed E-state index contributed by atoms with van der Waals surface area (Å²) in [4.78, 5) is 16.3. The van der Waals surface area contributed by atoms with Crippen molar-refractivity contribution in [1.82, 2.24) is 14.9 Å². The molecular formula is C18H24N4O2. The monoisotopic (exact) mass is 328 g/mol. The van der Waals surface area contributed by atoms with Gasteiger partial charge in [-0.15, -0.1) is 0 Å². The van der Waals surface area contributed by atoms with E-state index in [1.54, 1.807) is 6.20 Å². The van der Waals surface area contributed by atoms with E-state index in [1.165, 1.54) is 5.56 Å². The lowest BCUT2D eigenvalue weighted by molar-refractivity contribution is 0.184.